The molecule has 0 aliphatic carbocycles. The van der Waals surface area contributed by atoms with Crippen molar-refractivity contribution in [2.24, 2.45) is 0 Å². The van der Waals surface area contributed by atoms with Crippen molar-refractivity contribution in [2.75, 3.05) is 6.61 Å². The summed E-state index contributed by atoms with van der Waals surface area (Å²) >= 11 is 0. The normalized spacial score (nSPS) is 13.5. The number of aliphatic hydroxyl groups excluding tert-OH is 1. The van der Waals surface area contributed by atoms with Gasteiger partial charge in [0.05, 0.1) is 12.7 Å². The summed E-state index contributed by atoms with van der Waals surface area (Å²) in [6.07, 6.45) is 5.13. The molecule has 2 nitrogen and oxygen atoms in total. The summed E-state index contributed by atoms with van der Waals surface area (Å²) in [5, 5.41) is 13.1. The number of unbranched alkanes of at least 4 members (excludes halogenated alkanes) is 3. The second kappa shape index (κ2) is 10.2. The van der Waals surface area contributed by atoms with Crippen molar-refractivity contribution in [3.63, 3.8) is 0 Å². The molecule has 1 atom stereocenters. The summed E-state index contributed by atoms with van der Waals surface area (Å²) in [6.45, 7) is 9.43. The molecule has 0 fully saturated rings. The second-order valence-corrected chi connectivity index (χ2v) is 12.8. The first-order chi connectivity index (χ1) is 12.9. The lowest BCUT2D eigenvalue weighted by Gasteiger charge is -2.43. The molecule has 2 aromatic carbocycles. The quantitative estimate of drug-likeness (QED) is 0.466. The van der Waals surface area contributed by atoms with E-state index in [1.807, 2.05) is 0 Å². The molecule has 0 spiro atoms. The molecule has 27 heavy (non-hydrogen) atoms. The van der Waals surface area contributed by atoms with Gasteiger partial charge in [0.1, 0.15) is 0 Å². The lowest BCUT2D eigenvalue weighted by molar-refractivity contribution is 0.0927. The minimum absolute atomic E-state index is 0.0440. The summed E-state index contributed by atoms with van der Waals surface area (Å²) in [5.74, 6) is 0. The third kappa shape index (κ3) is 5.53. The van der Waals surface area contributed by atoms with Crippen molar-refractivity contribution in [1.29, 1.82) is 0 Å². The van der Waals surface area contributed by atoms with Gasteiger partial charge in [0, 0.05) is 0 Å². The van der Waals surface area contributed by atoms with Crippen LogP contribution < -0.4 is 10.4 Å². The van der Waals surface area contributed by atoms with Crippen LogP contribution in [0.2, 0.25) is 5.04 Å². The molecule has 0 bridgehead atoms. The highest BCUT2D eigenvalue weighted by atomic mass is 28.4. The Labute approximate surface area is 166 Å². The smallest absolute Gasteiger partial charge is 0.261 e. The van der Waals surface area contributed by atoms with Gasteiger partial charge in [-0.25, -0.2) is 0 Å². The predicted octanol–water partition coefficient (Wildman–Crippen LogP) is 4.89. The van der Waals surface area contributed by atoms with Crippen LogP contribution in [0.4, 0.5) is 0 Å². The van der Waals surface area contributed by atoms with Gasteiger partial charge in [-0.15, -0.1) is 0 Å². The predicted molar refractivity (Wildman–Crippen MR) is 118 cm³/mol. The molecule has 0 saturated carbocycles. The molecule has 0 aromatic heterocycles. The minimum atomic E-state index is -2.53. The largest absolute Gasteiger partial charge is 0.405 e. The van der Waals surface area contributed by atoms with Crippen molar-refractivity contribution >= 4 is 18.7 Å². The van der Waals surface area contributed by atoms with Gasteiger partial charge in [0.25, 0.3) is 8.32 Å². The van der Waals surface area contributed by atoms with E-state index in [1.165, 1.54) is 29.6 Å². The van der Waals surface area contributed by atoms with Crippen molar-refractivity contribution in [2.45, 2.75) is 70.9 Å². The van der Waals surface area contributed by atoms with Gasteiger partial charge in [-0.05, 0) is 21.8 Å². The molecule has 2 rings (SSSR count). The molecule has 0 aliphatic rings. The summed E-state index contributed by atoms with van der Waals surface area (Å²) in [6, 6.07) is 21.3. The van der Waals surface area contributed by atoms with Gasteiger partial charge in [0.2, 0.25) is 0 Å². The molecule has 1 N–H and O–H groups in total. The summed E-state index contributed by atoms with van der Waals surface area (Å²) in [4.78, 5) is 0. The number of aliphatic hydroxyl groups is 1. The van der Waals surface area contributed by atoms with E-state index in [-0.39, 0.29) is 5.04 Å². The van der Waals surface area contributed by atoms with E-state index in [9.17, 15) is 5.11 Å². The fraction of sp³-hybridized carbons (Fsp3) is 0.500. The fourth-order valence-electron chi connectivity index (χ4n) is 3.87. The van der Waals surface area contributed by atoms with Gasteiger partial charge in [-0.3, -0.25) is 0 Å². The van der Waals surface area contributed by atoms with Crippen LogP contribution in [0.25, 0.3) is 0 Å². The van der Waals surface area contributed by atoms with Crippen LogP contribution in [-0.2, 0) is 4.43 Å². The molecule has 3 heteroatoms. The maximum atomic E-state index is 10.6. The summed E-state index contributed by atoms with van der Waals surface area (Å²) in [5.41, 5.74) is 0. The van der Waals surface area contributed by atoms with Crippen molar-refractivity contribution < 1.29 is 9.53 Å². The van der Waals surface area contributed by atoms with Gasteiger partial charge < -0.3 is 9.53 Å². The molecular weight excluding hydrogens is 348 g/mol. The zero-order chi connectivity index (χ0) is 19.8. The maximum absolute atomic E-state index is 10.6. The topological polar surface area (TPSA) is 29.5 Å². The highest BCUT2D eigenvalue weighted by molar-refractivity contribution is 6.99. The Kier molecular flexibility index (Phi) is 8.27. The zero-order valence-corrected chi connectivity index (χ0v) is 18.4. The van der Waals surface area contributed by atoms with Crippen LogP contribution in [0.15, 0.2) is 60.7 Å². The van der Waals surface area contributed by atoms with Gasteiger partial charge in [-0.2, -0.15) is 0 Å². The first kappa shape index (κ1) is 21.9. The van der Waals surface area contributed by atoms with Crippen LogP contribution in [0.5, 0.6) is 0 Å². The van der Waals surface area contributed by atoms with Crippen LogP contribution in [0.3, 0.4) is 0 Å². The SMILES string of the molecule is CCCCCCC(O)CO[Si](c1ccccc1)(c1ccccc1)C(C)(C)C. The van der Waals surface area contributed by atoms with Crippen molar-refractivity contribution in [1.82, 2.24) is 0 Å². The van der Waals surface area contributed by atoms with E-state index in [0.29, 0.717) is 6.61 Å². The van der Waals surface area contributed by atoms with E-state index in [1.54, 1.807) is 0 Å². The average Bonchev–Trinajstić information content (AvgIpc) is 2.66. The second-order valence-electron chi connectivity index (χ2n) is 8.48. The van der Waals surface area contributed by atoms with E-state index in [2.05, 4.69) is 88.4 Å². The fourth-order valence-corrected chi connectivity index (χ4v) is 8.47. The van der Waals surface area contributed by atoms with Gasteiger partial charge in [0.15, 0.2) is 0 Å². The lowest BCUT2D eigenvalue weighted by Crippen LogP contribution is -2.67. The third-order valence-corrected chi connectivity index (χ3v) is 10.3. The molecular formula is C24H36O2Si. The highest BCUT2D eigenvalue weighted by Crippen LogP contribution is 2.36. The Morgan fingerprint density at radius 1 is 0.852 bits per heavy atom. The van der Waals surface area contributed by atoms with E-state index >= 15 is 0 Å². The molecule has 1 unspecified atom stereocenters. The molecule has 0 amide bonds. The molecule has 0 aliphatic heterocycles. The Balaban J connectivity index is 2.30. The first-order valence-corrected chi connectivity index (χ1v) is 12.3. The summed E-state index contributed by atoms with van der Waals surface area (Å²) in [7, 11) is -2.53. The number of rotatable bonds is 10. The average molecular weight is 385 g/mol. The number of hydrogen-bond donors (Lipinski definition) is 1. The van der Waals surface area contributed by atoms with Crippen molar-refractivity contribution in [3.05, 3.63) is 60.7 Å². The first-order valence-electron chi connectivity index (χ1n) is 10.3. The highest BCUT2D eigenvalue weighted by Gasteiger charge is 2.50. The van der Waals surface area contributed by atoms with E-state index in [4.69, 9.17) is 4.43 Å². The Morgan fingerprint density at radius 3 is 1.81 bits per heavy atom. The number of benzene rings is 2. The molecule has 2 aromatic rings. The molecule has 148 valence electrons. The van der Waals surface area contributed by atoms with Crippen LogP contribution in [0, 0.1) is 0 Å². The Hall–Kier alpha value is -1.42. The van der Waals surface area contributed by atoms with Crippen LogP contribution in [0.1, 0.15) is 59.8 Å². The number of hydrogen-bond acceptors (Lipinski definition) is 2. The monoisotopic (exact) mass is 384 g/mol. The maximum Gasteiger partial charge on any atom is 0.261 e. The van der Waals surface area contributed by atoms with Gasteiger partial charge in [-0.1, -0.05) is 114 Å². The molecule has 0 radical (unpaired) electrons. The molecule has 0 heterocycles. The standard InChI is InChI=1S/C24H36O2Si/c1-5-6-7-10-15-21(25)20-26-27(24(2,3)4,22-16-11-8-12-17-22)23-18-13-9-14-19-23/h8-9,11-14,16-19,21,25H,5-7,10,15,20H2,1-4H3. The molecule has 0 saturated heterocycles. The van der Waals surface area contributed by atoms with E-state index in [0.717, 1.165) is 12.8 Å². The Morgan fingerprint density at radius 2 is 1.37 bits per heavy atom. The minimum Gasteiger partial charge on any atom is -0.405 e. The Bertz CT molecular complexity index is 610. The lowest BCUT2D eigenvalue weighted by atomic mass is 10.1. The zero-order valence-electron chi connectivity index (χ0n) is 17.4. The third-order valence-electron chi connectivity index (χ3n) is 5.30. The van der Waals surface area contributed by atoms with E-state index < -0.39 is 14.4 Å². The van der Waals surface area contributed by atoms with Crippen LogP contribution in [-0.4, -0.2) is 26.1 Å². The van der Waals surface area contributed by atoms with Gasteiger partial charge >= 0.3 is 0 Å². The van der Waals surface area contributed by atoms with Crippen molar-refractivity contribution in [3.8, 4) is 0 Å². The van der Waals surface area contributed by atoms with Crippen LogP contribution >= 0.6 is 0 Å². The summed E-state index contributed by atoms with van der Waals surface area (Å²) < 4.78 is 6.77.